The Balaban J connectivity index is 1.72. The minimum Gasteiger partial charge on any atom is -0.466 e. The number of hydrogen-bond acceptors (Lipinski definition) is 5. The van der Waals surface area contributed by atoms with Crippen molar-refractivity contribution in [3.63, 3.8) is 0 Å². The number of aryl methyl sites for hydroxylation is 1. The van der Waals surface area contributed by atoms with Crippen LogP contribution in [0.1, 0.15) is 11.5 Å². The van der Waals surface area contributed by atoms with Gasteiger partial charge in [0.05, 0.1) is 5.02 Å². The smallest absolute Gasteiger partial charge is 0.254 e. The molecule has 0 aliphatic rings. The summed E-state index contributed by atoms with van der Waals surface area (Å²) in [6.07, 6.45) is 0. The Kier molecular flexibility index (Phi) is 4.71. The number of hydrogen-bond donors (Lipinski definition) is 0. The quantitative estimate of drug-likeness (QED) is 0.606. The normalized spacial score (nSPS) is 10.8. The average Bonchev–Trinajstić information content (AvgIpc) is 2.99. The van der Waals surface area contributed by atoms with Crippen molar-refractivity contribution >= 4 is 34.8 Å². The van der Waals surface area contributed by atoms with Crippen molar-refractivity contribution < 1.29 is 9.15 Å². The van der Waals surface area contributed by atoms with E-state index in [0.29, 0.717) is 11.8 Å². The van der Waals surface area contributed by atoms with Crippen LogP contribution in [0.2, 0.25) is 15.2 Å². The first-order chi connectivity index (χ1) is 11.0. The van der Waals surface area contributed by atoms with Crippen molar-refractivity contribution in [2.75, 3.05) is 0 Å². The van der Waals surface area contributed by atoms with Crippen molar-refractivity contribution in [3.05, 3.63) is 57.0 Å². The molecule has 0 N–H and O–H groups in total. The Morgan fingerprint density at radius 1 is 1.04 bits per heavy atom. The number of benzene rings is 1. The van der Waals surface area contributed by atoms with Crippen molar-refractivity contribution in [2.45, 2.75) is 13.5 Å². The molecule has 0 atom stereocenters. The van der Waals surface area contributed by atoms with Gasteiger partial charge in [-0.2, -0.15) is 4.98 Å². The van der Waals surface area contributed by atoms with Crippen LogP contribution in [0.4, 0.5) is 0 Å². The van der Waals surface area contributed by atoms with Crippen LogP contribution in [0.3, 0.4) is 0 Å². The molecule has 23 heavy (non-hydrogen) atoms. The van der Waals surface area contributed by atoms with Crippen LogP contribution in [-0.4, -0.2) is 15.2 Å². The Morgan fingerprint density at radius 2 is 1.78 bits per heavy atom. The van der Waals surface area contributed by atoms with Crippen LogP contribution in [0, 0.1) is 6.92 Å². The predicted molar refractivity (Wildman–Crippen MR) is 88.1 cm³/mol. The minimum atomic E-state index is 0.0174. The van der Waals surface area contributed by atoms with Crippen molar-refractivity contribution in [2.24, 2.45) is 0 Å². The first-order valence-corrected chi connectivity index (χ1v) is 7.70. The molecule has 1 aromatic carbocycles. The molecule has 0 saturated heterocycles. The zero-order valence-corrected chi connectivity index (χ0v) is 14.2. The molecular weight excluding hydrogens is 361 g/mol. The Bertz CT molecular complexity index is 834. The van der Waals surface area contributed by atoms with E-state index in [4.69, 9.17) is 44.0 Å². The molecule has 5 nitrogen and oxygen atoms in total. The fourth-order valence-corrected chi connectivity index (χ4v) is 2.33. The number of aromatic nitrogens is 3. The van der Waals surface area contributed by atoms with Gasteiger partial charge in [-0.15, -0.1) is 10.2 Å². The van der Waals surface area contributed by atoms with Crippen molar-refractivity contribution in [1.82, 2.24) is 15.2 Å². The van der Waals surface area contributed by atoms with Gasteiger partial charge in [-0.3, -0.25) is 0 Å². The van der Waals surface area contributed by atoms with Gasteiger partial charge in [-0.05, 0) is 25.1 Å². The minimum absolute atomic E-state index is 0.0174. The lowest BCUT2D eigenvalue weighted by atomic mass is 10.1. The zero-order valence-electron chi connectivity index (χ0n) is 11.9. The highest BCUT2D eigenvalue weighted by Crippen LogP contribution is 2.30. The number of ether oxygens (including phenoxy) is 1. The van der Waals surface area contributed by atoms with Crippen LogP contribution in [-0.2, 0) is 6.61 Å². The predicted octanol–water partition coefficient (Wildman–Crippen LogP) is 4.98. The van der Waals surface area contributed by atoms with E-state index in [9.17, 15) is 0 Å². The summed E-state index contributed by atoms with van der Waals surface area (Å²) in [5, 5.41) is 8.52. The summed E-state index contributed by atoms with van der Waals surface area (Å²) < 4.78 is 11.0. The van der Waals surface area contributed by atoms with Gasteiger partial charge in [-0.1, -0.05) is 52.5 Å². The molecule has 0 fully saturated rings. The van der Waals surface area contributed by atoms with Gasteiger partial charge < -0.3 is 9.15 Å². The molecule has 118 valence electrons. The van der Waals surface area contributed by atoms with E-state index in [1.165, 1.54) is 6.07 Å². The van der Waals surface area contributed by atoms with Crippen LogP contribution >= 0.6 is 34.8 Å². The molecular formula is C15H10Cl3N3O2. The highest BCUT2D eigenvalue weighted by atomic mass is 35.5. The van der Waals surface area contributed by atoms with Crippen molar-refractivity contribution in [3.8, 4) is 17.3 Å². The largest absolute Gasteiger partial charge is 0.466 e. The second-order valence-electron chi connectivity index (χ2n) is 4.70. The van der Waals surface area contributed by atoms with E-state index in [2.05, 4.69) is 15.2 Å². The molecule has 8 heteroatoms. The summed E-state index contributed by atoms with van der Waals surface area (Å²) in [5.41, 5.74) is 1.98. The van der Waals surface area contributed by atoms with Crippen LogP contribution in [0.5, 0.6) is 5.88 Å². The van der Waals surface area contributed by atoms with Crippen molar-refractivity contribution in [1.29, 1.82) is 0 Å². The van der Waals surface area contributed by atoms with Crippen LogP contribution in [0.25, 0.3) is 11.5 Å². The standard InChI is InChI=1S/C15H10Cl3N3O2/c1-8-2-4-9(5-3-8)14-21-20-12(23-14)7-22-15-11(17)6-10(16)13(18)19-15/h2-6H,7H2,1H3. The first-order valence-electron chi connectivity index (χ1n) is 6.56. The molecule has 0 saturated carbocycles. The van der Waals surface area contributed by atoms with Crippen LogP contribution < -0.4 is 4.74 Å². The molecule has 2 heterocycles. The fourth-order valence-electron chi connectivity index (χ4n) is 1.78. The summed E-state index contributed by atoms with van der Waals surface area (Å²) in [6.45, 7) is 2.02. The summed E-state index contributed by atoms with van der Waals surface area (Å²) in [6, 6.07) is 9.21. The second-order valence-corrected chi connectivity index (χ2v) is 5.88. The Morgan fingerprint density at radius 3 is 2.52 bits per heavy atom. The number of pyridine rings is 1. The van der Waals surface area contributed by atoms with Gasteiger partial charge in [0, 0.05) is 5.56 Å². The fraction of sp³-hybridized carbons (Fsp3) is 0.133. The Labute approximate surface area is 147 Å². The number of halogens is 3. The third-order valence-corrected chi connectivity index (χ3v) is 3.90. The molecule has 3 rings (SSSR count). The van der Waals surface area contributed by atoms with E-state index in [1.807, 2.05) is 31.2 Å². The second kappa shape index (κ2) is 6.74. The van der Waals surface area contributed by atoms with E-state index < -0.39 is 0 Å². The van der Waals surface area contributed by atoms with E-state index in [1.54, 1.807) is 0 Å². The third-order valence-electron chi connectivity index (χ3n) is 2.95. The van der Waals surface area contributed by atoms with E-state index in [0.717, 1.165) is 11.1 Å². The monoisotopic (exact) mass is 369 g/mol. The highest BCUT2D eigenvalue weighted by Gasteiger charge is 2.12. The highest BCUT2D eigenvalue weighted by molar-refractivity contribution is 6.42. The van der Waals surface area contributed by atoms with Gasteiger partial charge in [0.15, 0.2) is 11.8 Å². The van der Waals surface area contributed by atoms with E-state index in [-0.39, 0.29) is 27.7 Å². The van der Waals surface area contributed by atoms with Crippen LogP contribution in [0.15, 0.2) is 34.7 Å². The molecule has 2 aromatic heterocycles. The van der Waals surface area contributed by atoms with Gasteiger partial charge >= 0.3 is 0 Å². The van der Waals surface area contributed by atoms with Gasteiger partial charge in [0.1, 0.15) is 5.02 Å². The molecule has 0 aliphatic carbocycles. The maximum Gasteiger partial charge on any atom is 0.254 e. The lowest BCUT2D eigenvalue weighted by molar-refractivity contribution is 0.255. The van der Waals surface area contributed by atoms with E-state index >= 15 is 0 Å². The number of rotatable bonds is 4. The lowest BCUT2D eigenvalue weighted by Crippen LogP contribution is -1.98. The summed E-state index contributed by atoms with van der Waals surface area (Å²) in [7, 11) is 0. The first kappa shape index (κ1) is 16.1. The molecule has 0 amide bonds. The molecule has 0 radical (unpaired) electrons. The summed E-state index contributed by atoms with van der Waals surface area (Å²) >= 11 is 17.6. The topological polar surface area (TPSA) is 61.0 Å². The summed E-state index contributed by atoms with van der Waals surface area (Å²) in [5.74, 6) is 0.859. The molecule has 3 aromatic rings. The maximum atomic E-state index is 5.99. The molecule has 0 bridgehead atoms. The lowest BCUT2D eigenvalue weighted by Gasteiger charge is -2.05. The van der Waals surface area contributed by atoms with Gasteiger partial charge in [0.25, 0.3) is 5.89 Å². The number of nitrogens with zero attached hydrogens (tertiary/aromatic N) is 3. The average molecular weight is 371 g/mol. The molecule has 0 unspecified atom stereocenters. The molecule has 0 aliphatic heterocycles. The third kappa shape index (κ3) is 3.75. The summed E-state index contributed by atoms with van der Waals surface area (Å²) in [4.78, 5) is 3.95. The Hall–Kier alpha value is -1.82. The van der Waals surface area contributed by atoms with Gasteiger partial charge in [0.2, 0.25) is 11.8 Å². The molecule has 0 spiro atoms. The maximum absolute atomic E-state index is 5.99. The zero-order chi connectivity index (χ0) is 16.4. The SMILES string of the molecule is Cc1ccc(-c2nnc(COc3nc(Cl)c(Cl)cc3Cl)o2)cc1. The van der Waals surface area contributed by atoms with Gasteiger partial charge in [-0.25, -0.2) is 0 Å².